The molecular formula is C13H21NO2. The lowest BCUT2D eigenvalue weighted by Gasteiger charge is -2.13. The second-order valence-electron chi connectivity index (χ2n) is 4.07. The predicted octanol–water partition coefficient (Wildman–Crippen LogP) is 1.87. The summed E-state index contributed by atoms with van der Waals surface area (Å²) in [5.41, 5.74) is 0. The first-order valence-electron chi connectivity index (χ1n) is 6.19. The van der Waals surface area contributed by atoms with Gasteiger partial charge in [0.25, 0.3) is 0 Å². The molecule has 0 aromatic heterocycles. The summed E-state index contributed by atoms with van der Waals surface area (Å²) in [6.07, 6.45) is 6.38. The molecule has 0 spiro atoms. The molecule has 0 radical (unpaired) electrons. The van der Waals surface area contributed by atoms with Gasteiger partial charge in [-0.25, -0.2) is 0 Å². The lowest BCUT2D eigenvalue weighted by Crippen LogP contribution is -2.30. The van der Waals surface area contributed by atoms with Gasteiger partial charge in [0.2, 0.25) is 5.91 Å². The topological polar surface area (TPSA) is 38.3 Å². The minimum Gasteiger partial charge on any atom is -0.356 e. The summed E-state index contributed by atoms with van der Waals surface area (Å²) in [5, 5.41) is 2.79. The van der Waals surface area contributed by atoms with Crippen molar-refractivity contribution in [1.82, 2.24) is 5.32 Å². The molecule has 1 N–H and O–H groups in total. The van der Waals surface area contributed by atoms with Gasteiger partial charge in [-0.2, -0.15) is 0 Å². The number of rotatable bonds is 5. The van der Waals surface area contributed by atoms with Crippen LogP contribution in [-0.2, 0) is 9.53 Å². The Morgan fingerprint density at radius 3 is 3.12 bits per heavy atom. The van der Waals surface area contributed by atoms with E-state index in [9.17, 15) is 4.79 Å². The van der Waals surface area contributed by atoms with Gasteiger partial charge in [-0.05, 0) is 25.7 Å². The molecule has 1 aliphatic carbocycles. The zero-order valence-electron chi connectivity index (χ0n) is 10.1. The third kappa shape index (κ3) is 5.77. The first kappa shape index (κ1) is 13.1. The van der Waals surface area contributed by atoms with Gasteiger partial charge in [-0.15, -0.1) is 5.92 Å². The highest BCUT2D eigenvalue weighted by Gasteiger charge is 2.09. The Hall–Kier alpha value is -1.01. The third-order valence-corrected chi connectivity index (χ3v) is 2.52. The fraction of sp³-hybridized carbons (Fsp3) is 0.769. The first-order valence-corrected chi connectivity index (χ1v) is 6.19. The molecule has 0 aliphatic heterocycles. The van der Waals surface area contributed by atoms with Crippen molar-refractivity contribution in [3.05, 3.63) is 0 Å². The van der Waals surface area contributed by atoms with Crippen molar-refractivity contribution in [1.29, 1.82) is 0 Å². The van der Waals surface area contributed by atoms with Gasteiger partial charge in [0, 0.05) is 13.0 Å². The van der Waals surface area contributed by atoms with Crippen LogP contribution in [0.5, 0.6) is 0 Å². The SMILES string of the molecule is CCCNC(=O)COC1C#CCCCCC1. The van der Waals surface area contributed by atoms with E-state index in [1.165, 1.54) is 12.8 Å². The molecule has 0 bridgehead atoms. The van der Waals surface area contributed by atoms with E-state index in [-0.39, 0.29) is 18.6 Å². The molecule has 3 heteroatoms. The van der Waals surface area contributed by atoms with E-state index in [1.54, 1.807) is 0 Å². The summed E-state index contributed by atoms with van der Waals surface area (Å²) in [4.78, 5) is 11.3. The second kappa shape index (κ2) is 8.18. The van der Waals surface area contributed by atoms with Crippen LogP contribution in [0.15, 0.2) is 0 Å². The molecule has 0 saturated heterocycles. The van der Waals surface area contributed by atoms with Gasteiger partial charge in [0.1, 0.15) is 12.7 Å². The Bertz CT molecular complexity index is 265. The molecule has 1 unspecified atom stereocenters. The van der Waals surface area contributed by atoms with Crippen molar-refractivity contribution < 1.29 is 9.53 Å². The van der Waals surface area contributed by atoms with Gasteiger partial charge in [0.15, 0.2) is 0 Å². The van der Waals surface area contributed by atoms with Crippen molar-refractivity contribution >= 4 is 5.91 Å². The zero-order chi connectivity index (χ0) is 11.6. The number of nitrogens with one attached hydrogen (secondary N) is 1. The highest BCUT2D eigenvalue weighted by molar-refractivity contribution is 5.77. The molecule has 0 fully saturated rings. The predicted molar refractivity (Wildman–Crippen MR) is 63.9 cm³/mol. The Morgan fingerprint density at radius 1 is 1.44 bits per heavy atom. The normalized spacial score (nSPS) is 20.2. The van der Waals surface area contributed by atoms with Crippen LogP contribution >= 0.6 is 0 Å². The van der Waals surface area contributed by atoms with E-state index in [4.69, 9.17) is 4.74 Å². The van der Waals surface area contributed by atoms with Crippen LogP contribution in [0.25, 0.3) is 0 Å². The van der Waals surface area contributed by atoms with E-state index in [2.05, 4.69) is 17.2 Å². The highest BCUT2D eigenvalue weighted by Crippen LogP contribution is 2.10. The number of hydrogen-bond donors (Lipinski definition) is 1. The van der Waals surface area contributed by atoms with Gasteiger partial charge in [-0.3, -0.25) is 4.79 Å². The van der Waals surface area contributed by atoms with E-state index in [0.29, 0.717) is 0 Å². The van der Waals surface area contributed by atoms with Crippen LogP contribution in [0, 0.1) is 11.8 Å². The Balaban J connectivity index is 2.21. The number of carbonyl (C=O) groups excluding carboxylic acids is 1. The fourth-order valence-corrected chi connectivity index (χ4v) is 1.59. The monoisotopic (exact) mass is 223 g/mol. The van der Waals surface area contributed by atoms with Crippen LogP contribution in [-0.4, -0.2) is 25.2 Å². The van der Waals surface area contributed by atoms with Crippen molar-refractivity contribution in [3.63, 3.8) is 0 Å². The van der Waals surface area contributed by atoms with Crippen LogP contribution < -0.4 is 5.32 Å². The van der Waals surface area contributed by atoms with E-state index in [0.717, 1.165) is 32.2 Å². The van der Waals surface area contributed by atoms with Gasteiger partial charge < -0.3 is 10.1 Å². The average molecular weight is 223 g/mol. The number of ether oxygens (including phenoxy) is 1. The lowest BCUT2D eigenvalue weighted by atomic mass is 10.1. The molecule has 0 aromatic carbocycles. The molecule has 90 valence electrons. The van der Waals surface area contributed by atoms with Crippen molar-refractivity contribution in [3.8, 4) is 11.8 Å². The summed E-state index contributed by atoms with van der Waals surface area (Å²) in [7, 11) is 0. The lowest BCUT2D eigenvalue weighted by molar-refractivity contribution is -0.126. The molecule has 16 heavy (non-hydrogen) atoms. The molecule has 1 aliphatic rings. The molecule has 1 atom stereocenters. The number of amides is 1. The van der Waals surface area contributed by atoms with E-state index >= 15 is 0 Å². The van der Waals surface area contributed by atoms with Crippen LogP contribution in [0.3, 0.4) is 0 Å². The maximum atomic E-state index is 11.3. The molecule has 0 saturated carbocycles. The van der Waals surface area contributed by atoms with Gasteiger partial charge in [0.05, 0.1) is 0 Å². The fourth-order valence-electron chi connectivity index (χ4n) is 1.59. The second-order valence-corrected chi connectivity index (χ2v) is 4.07. The van der Waals surface area contributed by atoms with E-state index < -0.39 is 0 Å². The maximum absolute atomic E-state index is 11.3. The molecule has 3 nitrogen and oxygen atoms in total. The first-order chi connectivity index (χ1) is 7.83. The van der Waals surface area contributed by atoms with Crippen molar-refractivity contribution in [2.75, 3.05) is 13.2 Å². The van der Waals surface area contributed by atoms with Gasteiger partial charge >= 0.3 is 0 Å². The molecule has 0 heterocycles. The number of carbonyl (C=O) groups is 1. The van der Waals surface area contributed by atoms with Crippen LogP contribution in [0.4, 0.5) is 0 Å². The summed E-state index contributed by atoms with van der Waals surface area (Å²) in [6.45, 7) is 2.89. The Kier molecular flexibility index (Phi) is 6.67. The quantitative estimate of drug-likeness (QED) is 0.722. The van der Waals surface area contributed by atoms with Crippen LogP contribution in [0.2, 0.25) is 0 Å². The summed E-state index contributed by atoms with van der Waals surface area (Å²) in [5.74, 6) is 6.14. The number of hydrogen-bond acceptors (Lipinski definition) is 2. The zero-order valence-corrected chi connectivity index (χ0v) is 10.1. The molecule has 1 rings (SSSR count). The maximum Gasteiger partial charge on any atom is 0.246 e. The minimum absolute atomic E-state index is 0.0364. The highest BCUT2D eigenvalue weighted by atomic mass is 16.5. The average Bonchev–Trinajstić information content (AvgIpc) is 2.25. The van der Waals surface area contributed by atoms with Crippen LogP contribution in [0.1, 0.15) is 45.4 Å². The van der Waals surface area contributed by atoms with Crippen molar-refractivity contribution in [2.45, 2.75) is 51.6 Å². The standard InChI is InChI=1S/C13H21NO2/c1-2-10-14-13(15)11-16-12-8-6-4-3-5-7-9-12/h12H,2-6,8,10-11H2,1H3,(H,14,15). The smallest absolute Gasteiger partial charge is 0.246 e. The van der Waals surface area contributed by atoms with Gasteiger partial charge in [-0.1, -0.05) is 19.3 Å². The summed E-state index contributed by atoms with van der Waals surface area (Å²) < 4.78 is 5.49. The minimum atomic E-state index is -0.0484. The summed E-state index contributed by atoms with van der Waals surface area (Å²) >= 11 is 0. The van der Waals surface area contributed by atoms with E-state index in [1.807, 2.05) is 6.92 Å². The Morgan fingerprint density at radius 2 is 2.31 bits per heavy atom. The Labute approximate surface area is 97.9 Å². The molecule has 0 aromatic rings. The summed E-state index contributed by atoms with van der Waals surface area (Å²) in [6, 6.07) is 0. The molecule has 1 amide bonds. The van der Waals surface area contributed by atoms with Crippen molar-refractivity contribution in [2.24, 2.45) is 0 Å². The third-order valence-electron chi connectivity index (χ3n) is 2.52. The molecular weight excluding hydrogens is 202 g/mol. The largest absolute Gasteiger partial charge is 0.356 e.